The van der Waals surface area contributed by atoms with Crippen molar-refractivity contribution in [3.05, 3.63) is 24.0 Å². The zero-order valence-corrected chi connectivity index (χ0v) is 16.5. The average Bonchev–Trinajstić information content (AvgIpc) is 2.99. The Morgan fingerprint density at radius 3 is 2.64 bits per heavy atom. The quantitative estimate of drug-likeness (QED) is 0.602. The molecule has 0 saturated carbocycles. The van der Waals surface area contributed by atoms with Gasteiger partial charge in [0.2, 0.25) is 0 Å². The second kappa shape index (κ2) is 9.82. The summed E-state index contributed by atoms with van der Waals surface area (Å²) in [5, 5.41) is 3.59. The van der Waals surface area contributed by atoms with Crippen LogP contribution in [-0.4, -0.2) is 73.3 Å². The largest absolute Gasteiger partial charge is 0.379 e. The Morgan fingerprint density at radius 1 is 1.36 bits per heavy atom. The van der Waals surface area contributed by atoms with E-state index in [1.54, 1.807) is 0 Å². The van der Waals surface area contributed by atoms with Gasteiger partial charge in [-0.2, -0.15) is 0 Å². The molecule has 0 amide bonds. The zero-order valence-electron chi connectivity index (χ0n) is 16.5. The smallest absolute Gasteiger partial charge is 0.193 e. The number of nitrogens with one attached hydrogen (secondary N) is 1. The Bertz CT molecular complexity index is 534. The monoisotopic (exact) mass is 349 g/mol. The SMILES string of the molecule is CN=C(NCC(CC(C)C)N1CCOCC1)N(C)Cc1cccn1C. The van der Waals surface area contributed by atoms with Gasteiger partial charge in [0, 0.05) is 58.7 Å². The molecule has 0 aromatic carbocycles. The summed E-state index contributed by atoms with van der Waals surface area (Å²) in [4.78, 5) is 9.21. The molecule has 0 bridgehead atoms. The number of rotatable bonds is 7. The highest BCUT2D eigenvalue weighted by Gasteiger charge is 2.22. The predicted molar refractivity (Wildman–Crippen MR) is 104 cm³/mol. The van der Waals surface area contributed by atoms with Crippen LogP contribution < -0.4 is 5.32 Å². The fraction of sp³-hybridized carbons (Fsp3) is 0.737. The molecule has 1 aliphatic rings. The topological polar surface area (TPSA) is 45.0 Å². The second-order valence-electron chi connectivity index (χ2n) is 7.33. The molecule has 6 nitrogen and oxygen atoms in total. The highest BCUT2D eigenvalue weighted by Crippen LogP contribution is 2.13. The van der Waals surface area contributed by atoms with Crippen molar-refractivity contribution in [2.75, 3.05) is 46.9 Å². The molecule has 142 valence electrons. The van der Waals surface area contributed by atoms with Gasteiger partial charge in [-0.3, -0.25) is 9.89 Å². The minimum atomic E-state index is 0.518. The summed E-state index contributed by atoms with van der Waals surface area (Å²) in [6.45, 7) is 10.1. The van der Waals surface area contributed by atoms with Crippen molar-refractivity contribution in [1.82, 2.24) is 19.7 Å². The summed E-state index contributed by atoms with van der Waals surface area (Å²) < 4.78 is 7.67. The number of aliphatic imine (C=N–C) groups is 1. The molecule has 2 rings (SSSR count). The van der Waals surface area contributed by atoms with Gasteiger partial charge in [-0.1, -0.05) is 13.8 Å². The standard InChI is InChI=1S/C19H35N5O/c1-16(2)13-18(24-9-11-25-12-10-24)14-21-19(20-3)23(5)15-17-7-6-8-22(17)4/h6-8,16,18H,9-15H2,1-5H3,(H,20,21). The van der Waals surface area contributed by atoms with Crippen LogP contribution in [0.15, 0.2) is 23.3 Å². The average molecular weight is 350 g/mol. The third-order valence-electron chi connectivity index (χ3n) is 4.83. The number of nitrogens with zero attached hydrogens (tertiary/aromatic N) is 4. The van der Waals surface area contributed by atoms with E-state index in [4.69, 9.17) is 4.74 Å². The second-order valence-corrected chi connectivity index (χ2v) is 7.33. The highest BCUT2D eigenvalue weighted by molar-refractivity contribution is 5.79. The van der Waals surface area contributed by atoms with Gasteiger partial charge in [-0.15, -0.1) is 0 Å². The van der Waals surface area contributed by atoms with Gasteiger partial charge < -0.3 is 19.5 Å². The molecule has 1 unspecified atom stereocenters. The number of hydrogen-bond acceptors (Lipinski definition) is 3. The molecule has 1 saturated heterocycles. The minimum Gasteiger partial charge on any atom is -0.379 e. The lowest BCUT2D eigenvalue weighted by Gasteiger charge is -2.36. The number of morpholine rings is 1. The van der Waals surface area contributed by atoms with Crippen molar-refractivity contribution in [2.45, 2.75) is 32.9 Å². The van der Waals surface area contributed by atoms with E-state index in [1.165, 1.54) is 12.1 Å². The van der Waals surface area contributed by atoms with Gasteiger partial charge in [0.15, 0.2) is 5.96 Å². The Kier molecular flexibility index (Phi) is 7.78. The molecule has 0 aliphatic carbocycles. The van der Waals surface area contributed by atoms with Crippen molar-refractivity contribution < 1.29 is 4.74 Å². The Morgan fingerprint density at radius 2 is 2.08 bits per heavy atom. The van der Waals surface area contributed by atoms with E-state index >= 15 is 0 Å². The number of aryl methyl sites for hydroxylation is 1. The van der Waals surface area contributed by atoms with Crippen LogP contribution in [0.2, 0.25) is 0 Å². The fourth-order valence-corrected chi connectivity index (χ4v) is 3.42. The first-order valence-corrected chi connectivity index (χ1v) is 9.35. The number of ether oxygens (including phenoxy) is 1. The lowest BCUT2D eigenvalue weighted by molar-refractivity contribution is 0.0131. The van der Waals surface area contributed by atoms with E-state index in [9.17, 15) is 0 Å². The number of guanidine groups is 1. The van der Waals surface area contributed by atoms with Crippen LogP contribution >= 0.6 is 0 Å². The van der Waals surface area contributed by atoms with E-state index in [2.05, 4.69) is 70.9 Å². The van der Waals surface area contributed by atoms with Crippen LogP contribution in [0.3, 0.4) is 0 Å². The molecule has 1 aliphatic heterocycles. The first-order valence-electron chi connectivity index (χ1n) is 9.35. The van der Waals surface area contributed by atoms with Crippen molar-refractivity contribution in [3.8, 4) is 0 Å². The summed E-state index contributed by atoms with van der Waals surface area (Å²) in [5.41, 5.74) is 1.28. The number of hydrogen-bond donors (Lipinski definition) is 1. The third kappa shape index (κ3) is 6.04. The molecule has 6 heteroatoms. The summed E-state index contributed by atoms with van der Waals surface area (Å²) in [5.74, 6) is 1.63. The van der Waals surface area contributed by atoms with E-state index in [0.29, 0.717) is 12.0 Å². The Balaban J connectivity index is 1.92. The molecule has 1 fully saturated rings. The van der Waals surface area contributed by atoms with Crippen LogP contribution in [0.25, 0.3) is 0 Å². The van der Waals surface area contributed by atoms with Crippen molar-refractivity contribution in [3.63, 3.8) is 0 Å². The molecule has 2 heterocycles. The van der Waals surface area contributed by atoms with Crippen LogP contribution in [0.4, 0.5) is 0 Å². The van der Waals surface area contributed by atoms with Gasteiger partial charge in [0.25, 0.3) is 0 Å². The minimum absolute atomic E-state index is 0.518. The lowest BCUT2D eigenvalue weighted by Crippen LogP contribution is -2.51. The molecule has 1 aromatic rings. The fourth-order valence-electron chi connectivity index (χ4n) is 3.42. The van der Waals surface area contributed by atoms with E-state index in [1.807, 2.05) is 7.05 Å². The van der Waals surface area contributed by atoms with Crippen LogP contribution in [-0.2, 0) is 18.3 Å². The van der Waals surface area contributed by atoms with E-state index in [0.717, 1.165) is 45.4 Å². The lowest BCUT2D eigenvalue weighted by atomic mass is 10.0. The summed E-state index contributed by atoms with van der Waals surface area (Å²) >= 11 is 0. The molecular formula is C19H35N5O. The van der Waals surface area contributed by atoms with Crippen molar-refractivity contribution >= 4 is 5.96 Å². The van der Waals surface area contributed by atoms with Gasteiger partial charge in [-0.25, -0.2) is 0 Å². The van der Waals surface area contributed by atoms with Crippen LogP contribution in [0.5, 0.6) is 0 Å². The molecule has 25 heavy (non-hydrogen) atoms. The van der Waals surface area contributed by atoms with Gasteiger partial charge in [-0.05, 0) is 24.5 Å². The normalized spacial score (nSPS) is 17.8. The molecule has 0 spiro atoms. The van der Waals surface area contributed by atoms with Crippen LogP contribution in [0, 0.1) is 5.92 Å². The maximum absolute atomic E-state index is 5.51. The predicted octanol–water partition coefficient (Wildman–Crippen LogP) is 1.78. The molecule has 1 N–H and O–H groups in total. The third-order valence-corrected chi connectivity index (χ3v) is 4.83. The van der Waals surface area contributed by atoms with Crippen molar-refractivity contribution in [2.24, 2.45) is 18.0 Å². The molecule has 1 aromatic heterocycles. The van der Waals surface area contributed by atoms with E-state index < -0.39 is 0 Å². The Hall–Kier alpha value is -1.53. The highest BCUT2D eigenvalue weighted by atomic mass is 16.5. The zero-order chi connectivity index (χ0) is 18.2. The van der Waals surface area contributed by atoms with Crippen molar-refractivity contribution in [1.29, 1.82) is 0 Å². The van der Waals surface area contributed by atoms with E-state index in [-0.39, 0.29) is 0 Å². The summed E-state index contributed by atoms with van der Waals surface area (Å²) in [6.07, 6.45) is 3.27. The van der Waals surface area contributed by atoms with Crippen LogP contribution in [0.1, 0.15) is 26.0 Å². The first-order chi connectivity index (χ1) is 12.0. The molecule has 1 atom stereocenters. The molecular weight excluding hydrogens is 314 g/mol. The number of aromatic nitrogens is 1. The summed E-state index contributed by atoms with van der Waals surface area (Å²) in [6, 6.07) is 4.75. The summed E-state index contributed by atoms with van der Waals surface area (Å²) in [7, 11) is 6.03. The Labute approximate surface area is 152 Å². The van der Waals surface area contributed by atoms with Gasteiger partial charge in [0.05, 0.1) is 19.8 Å². The molecule has 0 radical (unpaired) electrons. The maximum atomic E-state index is 5.51. The van der Waals surface area contributed by atoms with Gasteiger partial charge >= 0.3 is 0 Å². The maximum Gasteiger partial charge on any atom is 0.193 e. The van der Waals surface area contributed by atoms with Gasteiger partial charge in [0.1, 0.15) is 0 Å². The first kappa shape index (κ1) is 19.8.